The minimum atomic E-state index is -0.418. The average molecular weight is 1680 g/mol. The van der Waals surface area contributed by atoms with Crippen LogP contribution in [-0.4, -0.2) is 70.9 Å². The predicted molar refractivity (Wildman–Crippen MR) is 516 cm³/mol. The highest BCUT2D eigenvalue weighted by Gasteiger charge is 2.69. The van der Waals surface area contributed by atoms with Crippen LogP contribution in [-0.2, 0) is 57.1 Å². The monoisotopic (exact) mass is 1680 g/mol. The van der Waals surface area contributed by atoms with Crippen LogP contribution in [0, 0.1) is 133 Å². The molecule has 12 heteroatoms. The van der Waals surface area contributed by atoms with E-state index in [1.165, 1.54) is 122 Å². The van der Waals surface area contributed by atoms with Gasteiger partial charge in [-0.25, -0.2) is 0 Å². The third kappa shape index (κ3) is 30.0. The molecule has 0 amide bonds. The summed E-state index contributed by atoms with van der Waals surface area (Å²) in [5.41, 5.74) is -2.04. The highest BCUT2D eigenvalue weighted by Crippen LogP contribution is 2.74. The first-order chi connectivity index (χ1) is 49.6. The van der Waals surface area contributed by atoms with Gasteiger partial charge >= 0.3 is 29.8 Å². The van der Waals surface area contributed by atoms with Crippen molar-refractivity contribution >= 4 is 29.8 Å². The summed E-state index contributed by atoms with van der Waals surface area (Å²) in [5, 5.41) is 0. The zero-order valence-corrected chi connectivity index (χ0v) is 76.5. The van der Waals surface area contributed by atoms with Crippen LogP contribution in [0.15, 0.2) is 0 Å². The Hall–Kier alpha value is -2.73. The predicted octanol–water partition coefficient (Wildman–Crippen LogP) is 33.0. The molecular weight excluding hydrogens is 1470 g/mol. The number of ether oxygens (including phenoxy) is 7. The molecule has 0 aromatic rings. The van der Waals surface area contributed by atoms with Crippen LogP contribution in [0.2, 0.25) is 0 Å². The van der Waals surface area contributed by atoms with Crippen LogP contribution in [0.4, 0.5) is 0 Å². The molecule has 0 aliphatic heterocycles. The molecule has 118 heavy (non-hydrogen) atoms. The second-order valence-corrected chi connectivity index (χ2v) is 40.9. The van der Waals surface area contributed by atoms with Gasteiger partial charge in [-0.2, -0.15) is 0 Å². The zero-order chi connectivity index (χ0) is 82.0. The van der Waals surface area contributed by atoms with E-state index in [9.17, 15) is 24.0 Å². The molecule has 13 saturated carbocycles. The second kappa shape index (κ2) is 52.4. The maximum absolute atomic E-state index is 12.7. The molecule has 13 rings (SSSR count). The Morgan fingerprint density at radius 3 is 1.19 bits per heavy atom. The van der Waals surface area contributed by atoms with Crippen LogP contribution < -0.4 is 0 Å². The first kappa shape index (κ1) is 131. The van der Waals surface area contributed by atoms with Crippen LogP contribution >= 0.6 is 0 Å². The van der Waals surface area contributed by atoms with Gasteiger partial charge in [0.25, 0.3) is 0 Å². The van der Waals surface area contributed by atoms with Gasteiger partial charge in [-0.15, -0.1) is 0 Å². The maximum Gasteiger partial charge on any atom is 0.313 e. The molecule has 714 valence electrons. The fraction of sp³-hybridized carbons (Fsp3) is 0.953. The Morgan fingerprint density at radius 1 is 0.390 bits per heavy atom. The third-order valence-corrected chi connectivity index (χ3v) is 31.0. The van der Waals surface area contributed by atoms with Gasteiger partial charge in [0.05, 0.1) is 38.8 Å². The van der Waals surface area contributed by atoms with Crippen molar-refractivity contribution in [3.63, 3.8) is 0 Å². The summed E-state index contributed by atoms with van der Waals surface area (Å²) in [5.74, 6) is 12.5. The molecule has 0 N–H and O–H groups in total. The summed E-state index contributed by atoms with van der Waals surface area (Å²) in [6.45, 7) is 71.4. The Kier molecular flexibility index (Phi) is 58.1. The molecule has 0 radical (unpaired) electrons. The third-order valence-electron chi connectivity index (χ3n) is 31.0. The molecule has 17 atom stereocenters. The Balaban J connectivity index is -0.000000206. The van der Waals surface area contributed by atoms with Crippen molar-refractivity contribution in [1.29, 1.82) is 0 Å². The molecule has 13 aliphatic rings. The fourth-order valence-electron chi connectivity index (χ4n) is 22.2. The minimum Gasteiger partial charge on any atom is -0.459 e. The topological polar surface area (TPSA) is 150 Å². The largest absolute Gasteiger partial charge is 0.459 e. The lowest BCUT2D eigenvalue weighted by molar-refractivity contribution is -0.248. The molecule has 1 spiro atoms. The Morgan fingerprint density at radius 2 is 0.788 bits per heavy atom. The van der Waals surface area contributed by atoms with Gasteiger partial charge in [0.2, 0.25) is 6.29 Å². The quantitative estimate of drug-likeness (QED) is 0.0466. The zero-order valence-electron chi connectivity index (χ0n) is 76.5. The molecule has 17 unspecified atom stereocenters. The number of carbonyl (C=O) groups is 5. The smallest absolute Gasteiger partial charge is 0.313 e. The molecule has 0 saturated heterocycles. The van der Waals surface area contributed by atoms with Crippen molar-refractivity contribution in [3.05, 3.63) is 0 Å². The van der Waals surface area contributed by atoms with E-state index in [-0.39, 0.29) is 156 Å². The highest BCUT2D eigenvalue weighted by atomic mass is 16.7. The first-order valence-electron chi connectivity index (χ1n) is 45.1. The lowest BCUT2D eigenvalue weighted by atomic mass is 9.54. The molecule has 12 nitrogen and oxygen atoms in total. The van der Waals surface area contributed by atoms with Crippen LogP contribution in [0.1, 0.15) is 485 Å². The van der Waals surface area contributed by atoms with Crippen LogP contribution in [0.5, 0.6) is 0 Å². The van der Waals surface area contributed by atoms with Crippen molar-refractivity contribution in [2.45, 2.75) is 526 Å². The summed E-state index contributed by atoms with van der Waals surface area (Å²) in [6.07, 6.45) is 30.0. The number of rotatable bonds is 21. The van der Waals surface area contributed by atoms with Crippen molar-refractivity contribution in [1.82, 2.24) is 0 Å². The van der Waals surface area contributed by atoms with Crippen molar-refractivity contribution in [2.24, 2.45) is 133 Å². The van der Waals surface area contributed by atoms with Crippen molar-refractivity contribution in [3.8, 4) is 0 Å². The number of fused-ring (bicyclic) bond motifs is 12. The average Bonchev–Trinajstić information content (AvgIpc) is 1.50. The summed E-state index contributed by atoms with van der Waals surface area (Å²) >= 11 is 0. The standard InChI is InChI=1S/C21H36O2.C20H32O3.C18H30O3.C16H28O2.C12H24O2.4C2H6.11CH4/c1-8-18(3,4)17(22)23-20(7)11-12-21-13-16(20)19(5,6)15(21)10-9-14(21)2;1-5-20(3,4)19(21)23-11(2)22-16-10-14-9-15(16)18-13-7-6-12(8-13)17(14)18;1-5-17(3,4)16(19)20-12(2)21-18-9-13-6-14(10-18)8-15(7-13)11-18;1-6-15(2,3)14(17)18-16(4,5)13-10-11-7-8-12(13)9-11;1-8-11(4,5)10(13)14-12(6,7)9(2)3;4*1-2;;;;;;;;;;;/h14-16H,8-13H2,1-7H3;11-18H,5-10H2,1-4H3;12-15H,5-11H2,1-4H3;11-13H,6-10H2,1-5H3;9H,8H2,1-7H3;4*1-2H3;11*1H4. The van der Waals surface area contributed by atoms with Gasteiger partial charge < -0.3 is 33.2 Å². The SMILES string of the molecule is C.C.C.C.C.C.C.C.C.C.C.CC.CC.CC.CC.CCC(C)(C)C(=O)OC(C)(C)C(C)C.CCC(C)(C)C(=O)OC(C)(C)C1CC2CCC1C2.CCC(C)(C)C(=O)OC(C)OC12CC3CC(CC(C3)C1)C2.CCC(C)(C)C(=O)OC(C)OC1CC2CC1C1C3CCC(C3)C21.CCC(C)(C)C(=O)OC1(C)CCC23CC1C(C)(C)C2CCC3C. The number of carbonyl (C=O) groups excluding carboxylic acids is 5. The van der Waals surface area contributed by atoms with Gasteiger partial charge in [-0.3, -0.25) is 24.0 Å². The summed E-state index contributed by atoms with van der Waals surface area (Å²) in [6, 6.07) is 0. The van der Waals surface area contributed by atoms with Gasteiger partial charge in [0, 0.05) is 11.8 Å². The summed E-state index contributed by atoms with van der Waals surface area (Å²) in [4.78, 5) is 61.2. The van der Waals surface area contributed by atoms with E-state index in [0.29, 0.717) is 29.3 Å². The van der Waals surface area contributed by atoms with E-state index in [2.05, 4.69) is 62.3 Å². The second-order valence-electron chi connectivity index (χ2n) is 40.9. The van der Waals surface area contributed by atoms with E-state index >= 15 is 0 Å². The van der Waals surface area contributed by atoms with Crippen molar-refractivity contribution in [2.75, 3.05) is 0 Å². The lowest BCUT2D eigenvalue weighted by Gasteiger charge is -2.56. The molecule has 0 heterocycles. The highest BCUT2D eigenvalue weighted by molar-refractivity contribution is 5.78. The van der Waals surface area contributed by atoms with E-state index in [0.717, 1.165) is 115 Å². The molecule has 0 aromatic heterocycles. The van der Waals surface area contributed by atoms with E-state index in [1.54, 1.807) is 0 Å². The number of esters is 5. The van der Waals surface area contributed by atoms with E-state index in [1.807, 2.05) is 180 Å². The molecule has 13 aliphatic carbocycles. The molecule has 0 aromatic carbocycles. The van der Waals surface area contributed by atoms with E-state index in [4.69, 9.17) is 33.2 Å². The lowest BCUT2D eigenvalue weighted by Crippen LogP contribution is -2.53. The van der Waals surface area contributed by atoms with Gasteiger partial charge in [-0.1, -0.05) is 213 Å². The van der Waals surface area contributed by atoms with E-state index < -0.39 is 23.4 Å². The van der Waals surface area contributed by atoms with Crippen molar-refractivity contribution < 1.29 is 57.1 Å². The molecule has 13 fully saturated rings. The van der Waals surface area contributed by atoms with Crippen LogP contribution in [0.3, 0.4) is 0 Å². The summed E-state index contributed by atoms with van der Waals surface area (Å²) in [7, 11) is 0. The number of hydrogen-bond donors (Lipinski definition) is 0. The van der Waals surface area contributed by atoms with Gasteiger partial charge in [-0.05, 0) is 365 Å². The normalized spacial score (nSPS) is 31.2. The molecule has 12 bridgehead atoms. The Bertz CT molecular complexity index is 2750. The van der Waals surface area contributed by atoms with Gasteiger partial charge in [0.1, 0.15) is 16.8 Å². The minimum absolute atomic E-state index is 0. The molecular formula is C106H218O12. The van der Waals surface area contributed by atoms with Gasteiger partial charge in [0.15, 0.2) is 6.29 Å². The summed E-state index contributed by atoms with van der Waals surface area (Å²) < 4.78 is 41.4. The van der Waals surface area contributed by atoms with Crippen LogP contribution in [0.25, 0.3) is 0 Å². The fourth-order valence-corrected chi connectivity index (χ4v) is 22.2. The first-order valence-corrected chi connectivity index (χ1v) is 45.1. The Labute approximate surface area is 741 Å². The maximum atomic E-state index is 12.7. The number of hydrogen-bond acceptors (Lipinski definition) is 12.